The van der Waals surface area contributed by atoms with Crippen molar-refractivity contribution in [2.24, 2.45) is 0 Å². The van der Waals surface area contributed by atoms with Crippen molar-refractivity contribution in [3.8, 4) is 0 Å². The average Bonchev–Trinajstić information content (AvgIpc) is 2.51. The summed E-state index contributed by atoms with van der Waals surface area (Å²) in [5.74, 6) is 0.829. The third-order valence-electron chi connectivity index (χ3n) is 3.08. The third kappa shape index (κ3) is 3.11. The molecule has 2 rings (SSSR count). The van der Waals surface area contributed by atoms with Crippen LogP contribution in [0.2, 0.25) is 0 Å². The van der Waals surface area contributed by atoms with Crippen LogP contribution in [0.25, 0.3) is 0 Å². The summed E-state index contributed by atoms with van der Waals surface area (Å²) in [5, 5.41) is 3.46. The molecule has 0 aromatic carbocycles. The lowest BCUT2D eigenvalue weighted by molar-refractivity contribution is 0.618. The molecule has 3 nitrogen and oxygen atoms in total. The molecule has 1 saturated carbocycles. The van der Waals surface area contributed by atoms with E-state index in [0.29, 0.717) is 6.04 Å². The van der Waals surface area contributed by atoms with E-state index < -0.39 is 0 Å². The zero-order chi connectivity index (χ0) is 11.4. The zero-order valence-electron chi connectivity index (χ0n) is 9.38. The minimum atomic E-state index is 0.540. The number of nitrogen functional groups attached to an aromatic ring is 1. The molecule has 1 heterocycles. The molecule has 0 radical (unpaired) electrons. The van der Waals surface area contributed by atoms with Gasteiger partial charge < -0.3 is 11.1 Å². The third-order valence-corrected chi connectivity index (χ3v) is 3.51. The summed E-state index contributed by atoms with van der Waals surface area (Å²) in [4.78, 5) is 4.32. The second kappa shape index (κ2) is 5.53. The van der Waals surface area contributed by atoms with Crippen LogP contribution in [0, 0.1) is 0 Å². The number of aromatic nitrogens is 1. The second-order valence-corrected chi connectivity index (χ2v) is 5.34. The molecule has 0 atom stereocenters. The molecular formula is C12H18BrN3. The van der Waals surface area contributed by atoms with Gasteiger partial charge in [0.2, 0.25) is 0 Å². The Balaban J connectivity index is 2.01. The van der Waals surface area contributed by atoms with Gasteiger partial charge in [0.15, 0.2) is 0 Å². The Hall–Kier alpha value is -0.770. The van der Waals surface area contributed by atoms with Gasteiger partial charge in [0.05, 0.1) is 5.69 Å². The van der Waals surface area contributed by atoms with E-state index in [-0.39, 0.29) is 0 Å². The standard InChI is InChI=1S/C12H18BrN3/c13-9-7-11(14)12(15-8-9)16-10-5-3-1-2-4-6-10/h7-8,10H,1-6,14H2,(H,15,16). The van der Waals surface area contributed by atoms with E-state index in [9.17, 15) is 0 Å². The van der Waals surface area contributed by atoms with Gasteiger partial charge >= 0.3 is 0 Å². The van der Waals surface area contributed by atoms with Crippen LogP contribution in [0.3, 0.4) is 0 Å². The number of hydrogen-bond donors (Lipinski definition) is 2. The Morgan fingerprint density at radius 1 is 1.25 bits per heavy atom. The molecule has 3 N–H and O–H groups in total. The molecule has 1 aliphatic rings. The Morgan fingerprint density at radius 3 is 2.56 bits per heavy atom. The number of rotatable bonds is 2. The number of halogens is 1. The van der Waals surface area contributed by atoms with Crippen LogP contribution in [-0.2, 0) is 0 Å². The predicted molar refractivity (Wildman–Crippen MR) is 71.5 cm³/mol. The van der Waals surface area contributed by atoms with Crippen LogP contribution in [-0.4, -0.2) is 11.0 Å². The van der Waals surface area contributed by atoms with E-state index >= 15 is 0 Å². The zero-order valence-corrected chi connectivity index (χ0v) is 11.0. The first-order valence-electron chi connectivity index (χ1n) is 5.93. The van der Waals surface area contributed by atoms with Crippen molar-refractivity contribution < 1.29 is 0 Å². The lowest BCUT2D eigenvalue weighted by atomic mass is 10.1. The normalized spacial score (nSPS) is 18.1. The Morgan fingerprint density at radius 2 is 1.94 bits per heavy atom. The van der Waals surface area contributed by atoms with E-state index in [0.717, 1.165) is 16.0 Å². The number of nitrogens with two attached hydrogens (primary N) is 1. The highest BCUT2D eigenvalue weighted by molar-refractivity contribution is 9.10. The lowest BCUT2D eigenvalue weighted by Crippen LogP contribution is -2.19. The number of nitrogens with zero attached hydrogens (tertiary/aromatic N) is 1. The minimum Gasteiger partial charge on any atom is -0.396 e. The van der Waals surface area contributed by atoms with E-state index in [2.05, 4.69) is 26.2 Å². The maximum absolute atomic E-state index is 5.92. The topological polar surface area (TPSA) is 50.9 Å². The van der Waals surface area contributed by atoms with Gasteiger partial charge in [-0.2, -0.15) is 0 Å². The highest BCUT2D eigenvalue weighted by Crippen LogP contribution is 2.24. The molecule has 0 unspecified atom stereocenters. The molecule has 88 valence electrons. The fourth-order valence-corrected chi connectivity index (χ4v) is 2.54. The SMILES string of the molecule is Nc1cc(Br)cnc1NC1CCCCCC1. The van der Waals surface area contributed by atoms with Crippen LogP contribution in [0.15, 0.2) is 16.7 Å². The Labute approximate surface area is 105 Å². The van der Waals surface area contributed by atoms with Crippen LogP contribution >= 0.6 is 15.9 Å². The number of pyridine rings is 1. The van der Waals surface area contributed by atoms with Gasteiger partial charge in [0.1, 0.15) is 5.82 Å². The van der Waals surface area contributed by atoms with E-state index in [1.165, 1.54) is 38.5 Å². The first kappa shape index (κ1) is 11.7. The largest absolute Gasteiger partial charge is 0.396 e. The predicted octanol–water partition coefficient (Wildman–Crippen LogP) is 3.56. The molecule has 0 aliphatic heterocycles. The van der Waals surface area contributed by atoms with Crippen molar-refractivity contribution in [3.63, 3.8) is 0 Å². The van der Waals surface area contributed by atoms with E-state index in [4.69, 9.17) is 5.73 Å². The molecule has 0 amide bonds. The number of hydrogen-bond acceptors (Lipinski definition) is 3. The van der Waals surface area contributed by atoms with Crippen LogP contribution in [0.5, 0.6) is 0 Å². The maximum Gasteiger partial charge on any atom is 0.149 e. The monoisotopic (exact) mass is 283 g/mol. The molecule has 1 aliphatic carbocycles. The molecule has 0 saturated heterocycles. The van der Waals surface area contributed by atoms with Crippen LogP contribution in [0.1, 0.15) is 38.5 Å². The summed E-state index contributed by atoms with van der Waals surface area (Å²) >= 11 is 3.36. The fraction of sp³-hybridized carbons (Fsp3) is 0.583. The summed E-state index contributed by atoms with van der Waals surface area (Å²) in [5.41, 5.74) is 6.64. The smallest absolute Gasteiger partial charge is 0.149 e. The van der Waals surface area contributed by atoms with Crippen molar-refractivity contribution >= 4 is 27.4 Å². The van der Waals surface area contributed by atoms with E-state index in [1.807, 2.05) is 6.07 Å². The maximum atomic E-state index is 5.92. The molecule has 1 aromatic heterocycles. The first-order valence-corrected chi connectivity index (χ1v) is 6.72. The number of nitrogens with one attached hydrogen (secondary N) is 1. The molecule has 1 fully saturated rings. The van der Waals surface area contributed by atoms with Gasteiger partial charge in [-0.25, -0.2) is 4.98 Å². The molecule has 0 bridgehead atoms. The van der Waals surface area contributed by atoms with Gasteiger partial charge in [-0.15, -0.1) is 0 Å². The van der Waals surface area contributed by atoms with Crippen molar-refractivity contribution in [2.75, 3.05) is 11.1 Å². The fourth-order valence-electron chi connectivity index (χ4n) is 2.19. The van der Waals surface area contributed by atoms with Crippen molar-refractivity contribution in [3.05, 3.63) is 16.7 Å². The first-order chi connectivity index (χ1) is 7.75. The Bertz CT molecular complexity index is 346. The summed E-state index contributed by atoms with van der Waals surface area (Å²) in [6.07, 6.45) is 9.61. The Kier molecular flexibility index (Phi) is 4.04. The summed E-state index contributed by atoms with van der Waals surface area (Å²) in [7, 11) is 0. The quantitative estimate of drug-likeness (QED) is 0.816. The molecule has 0 spiro atoms. The van der Waals surface area contributed by atoms with Gasteiger partial charge in [-0.1, -0.05) is 25.7 Å². The summed E-state index contributed by atoms with van der Waals surface area (Å²) in [6.45, 7) is 0. The van der Waals surface area contributed by atoms with Crippen LogP contribution < -0.4 is 11.1 Å². The van der Waals surface area contributed by atoms with Crippen molar-refractivity contribution in [2.45, 2.75) is 44.6 Å². The summed E-state index contributed by atoms with van der Waals surface area (Å²) in [6, 6.07) is 2.44. The van der Waals surface area contributed by atoms with Crippen molar-refractivity contribution in [1.82, 2.24) is 4.98 Å². The highest BCUT2D eigenvalue weighted by Gasteiger charge is 2.13. The van der Waals surface area contributed by atoms with Gasteiger partial charge in [-0.05, 0) is 34.8 Å². The van der Waals surface area contributed by atoms with Crippen molar-refractivity contribution in [1.29, 1.82) is 0 Å². The van der Waals surface area contributed by atoms with Gasteiger partial charge in [-0.3, -0.25) is 0 Å². The lowest BCUT2D eigenvalue weighted by Gasteiger charge is -2.18. The molecule has 16 heavy (non-hydrogen) atoms. The van der Waals surface area contributed by atoms with Gasteiger partial charge in [0, 0.05) is 16.7 Å². The molecule has 1 aromatic rings. The van der Waals surface area contributed by atoms with E-state index in [1.54, 1.807) is 6.20 Å². The molecule has 4 heteroatoms. The van der Waals surface area contributed by atoms with Crippen LogP contribution in [0.4, 0.5) is 11.5 Å². The van der Waals surface area contributed by atoms with Gasteiger partial charge in [0.25, 0.3) is 0 Å². The number of anilines is 2. The minimum absolute atomic E-state index is 0.540. The second-order valence-electron chi connectivity index (χ2n) is 4.42. The summed E-state index contributed by atoms with van der Waals surface area (Å²) < 4.78 is 0.927. The average molecular weight is 284 g/mol. The highest BCUT2D eigenvalue weighted by atomic mass is 79.9. The molecular weight excluding hydrogens is 266 g/mol.